The largest absolute Gasteiger partial charge is 0.478 e. The van der Waals surface area contributed by atoms with E-state index in [0.29, 0.717) is 0 Å². The van der Waals surface area contributed by atoms with Gasteiger partial charge in [-0.15, -0.1) is 0 Å². The summed E-state index contributed by atoms with van der Waals surface area (Å²) in [6, 6.07) is 2.10. The van der Waals surface area contributed by atoms with E-state index < -0.39 is 41.3 Å². The molecule has 2 aliphatic carbocycles. The monoisotopic (exact) mass is 370 g/mol. The summed E-state index contributed by atoms with van der Waals surface area (Å²) in [5.41, 5.74) is -0.638. The number of carbonyl (C=O) groups is 5. The van der Waals surface area contributed by atoms with Crippen molar-refractivity contribution in [1.82, 2.24) is 0 Å². The second-order valence-corrected chi connectivity index (χ2v) is 6.08. The van der Waals surface area contributed by atoms with Crippen LogP contribution in [0, 0.1) is 11.8 Å². The Morgan fingerprint density at radius 1 is 1.00 bits per heavy atom. The zero-order valence-electron chi connectivity index (χ0n) is 14.3. The first-order chi connectivity index (χ1) is 12.7. The van der Waals surface area contributed by atoms with Crippen molar-refractivity contribution in [2.45, 2.75) is 13.8 Å². The number of rotatable bonds is 3. The van der Waals surface area contributed by atoms with E-state index in [4.69, 9.17) is 9.47 Å². The summed E-state index contributed by atoms with van der Waals surface area (Å²) in [4.78, 5) is 60.1. The molecule has 0 bridgehead atoms. The predicted molar refractivity (Wildman–Crippen MR) is 89.3 cm³/mol. The van der Waals surface area contributed by atoms with Crippen molar-refractivity contribution in [3.05, 3.63) is 52.8 Å². The Morgan fingerprint density at radius 2 is 1.67 bits per heavy atom. The van der Waals surface area contributed by atoms with E-state index in [1.165, 1.54) is 25.2 Å². The third kappa shape index (κ3) is 3.17. The number of carboxylic acids is 1. The molecule has 2 atom stereocenters. The third-order valence-corrected chi connectivity index (χ3v) is 4.21. The number of ether oxygens (including phenoxy) is 2. The Morgan fingerprint density at radius 3 is 2.26 bits per heavy atom. The van der Waals surface area contributed by atoms with Crippen LogP contribution in [0.25, 0.3) is 0 Å². The summed E-state index contributed by atoms with van der Waals surface area (Å²) in [5.74, 6) is -6.24. The SMILES string of the molecule is CC(=O)OC1=CC=CC2C(=O)c3cc(C(=O)O)cc(OC(C)=O)c3C(=O)C12. The molecule has 3 rings (SSSR count). The number of carbonyl (C=O) groups excluding carboxylic acids is 4. The van der Waals surface area contributed by atoms with Gasteiger partial charge in [0.05, 0.1) is 23.0 Å². The minimum atomic E-state index is -1.34. The Kier molecular flexibility index (Phi) is 4.49. The lowest BCUT2D eigenvalue weighted by Crippen LogP contribution is -2.39. The molecule has 8 nitrogen and oxygen atoms in total. The normalized spacial score (nSPS) is 20.3. The van der Waals surface area contributed by atoms with E-state index in [2.05, 4.69) is 0 Å². The lowest BCUT2D eigenvalue weighted by Gasteiger charge is -2.32. The van der Waals surface area contributed by atoms with Gasteiger partial charge in [-0.1, -0.05) is 12.2 Å². The third-order valence-electron chi connectivity index (χ3n) is 4.21. The number of allylic oxidation sites excluding steroid dienone is 4. The number of hydrogen-bond acceptors (Lipinski definition) is 7. The first kappa shape index (κ1) is 18.2. The van der Waals surface area contributed by atoms with Crippen molar-refractivity contribution in [2.75, 3.05) is 0 Å². The van der Waals surface area contributed by atoms with Crippen LogP contribution in [0.2, 0.25) is 0 Å². The number of Topliss-reactive ketones (excluding diaryl/α,β-unsaturated/α-hetero) is 2. The topological polar surface area (TPSA) is 124 Å². The number of carboxylic acid groups (broad SMARTS) is 1. The highest BCUT2D eigenvalue weighted by molar-refractivity contribution is 6.20. The average molecular weight is 370 g/mol. The van der Waals surface area contributed by atoms with Crippen LogP contribution in [0.5, 0.6) is 5.75 Å². The van der Waals surface area contributed by atoms with Gasteiger partial charge in [0.2, 0.25) is 0 Å². The van der Waals surface area contributed by atoms with Crippen LogP contribution < -0.4 is 4.74 Å². The van der Waals surface area contributed by atoms with Crippen molar-refractivity contribution in [2.24, 2.45) is 11.8 Å². The maximum atomic E-state index is 13.1. The van der Waals surface area contributed by atoms with Crippen molar-refractivity contribution >= 4 is 29.5 Å². The van der Waals surface area contributed by atoms with E-state index in [0.717, 1.165) is 19.1 Å². The fraction of sp³-hybridized carbons (Fsp3) is 0.211. The van der Waals surface area contributed by atoms with E-state index in [1.54, 1.807) is 0 Å². The molecule has 0 fully saturated rings. The molecule has 138 valence electrons. The van der Waals surface area contributed by atoms with Gasteiger partial charge in [0.15, 0.2) is 11.6 Å². The van der Waals surface area contributed by atoms with Gasteiger partial charge in [-0.2, -0.15) is 0 Å². The first-order valence-corrected chi connectivity index (χ1v) is 7.95. The molecule has 27 heavy (non-hydrogen) atoms. The molecule has 8 heteroatoms. The molecule has 0 saturated carbocycles. The molecule has 1 aromatic rings. The van der Waals surface area contributed by atoms with E-state index in [1.807, 2.05) is 0 Å². The molecule has 0 heterocycles. The summed E-state index contributed by atoms with van der Waals surface area (Å²) >= 11 is 0. The Hall–Kier alpha value is -3.55. The van der Waals surface area contributed by atoms with E-state index in [9.17, 15) is 29.1 Å². The minimum Gasteiger partial charge on any atom is -0.478 e. The molecule has 0 aromatic heterocycles. The molecule has 0 amide bonds. The quantitative estimate of drug-likeness (QED) is 0.632. The highest BCUT2D eigenvalue weighted by Gasteiger charge is 2.46. The van der Waals surface area contributed by atoms with Crippen molar-refractivity contribution in [1.29, 1.82) is 0 Å². The van der Waals surface area contributed by atoms with Gasteiger partial charge in [-0.05, 0) is 18.2 Å². The molecule has 0 aliphatic heterocycles. The molecule has 2 aliphatic rings. The first-order valence-electron chi connectivity index (χ1n) is 7.95. The van der Waals surface area contributed by atoms with Crippen LogP contribution in [0.1, 0.15) is 44.9 Å². The van der Waals surface area contributed by atoms with Crippen LogP contribution in [0.3, 0.4) is 0 Å². The molecular formula is C19H14O8. The van der Waals surface area contributed by atoms with Gasteiger partial charge in [-0.25, -0.2) is 4.79 Å². The predicted octanol–water partition coefficient (Wildman–Crippen LogP) is 1.94. The van der Waals surface area contributed by atoms with Crippen LogP contribution in [-0.4, -0.2) is 34.6 Å². The zero-order valence-corrected chi connectivity index (χ0v) is 14.3. The Bertz CT molecular complexity index is 966. The van der Waals surface area contributed by atoms with E-state index in [-0.39, 0.29) is 28.2 Å². The lowest BCUT2D eigenvalue weighted by atomic mass is 9.71. The standard InChI is InChI=1S/C19H14O8/c1-8(20)26-13-5-3-4-11-15(13)18(23)16-12(17(11)22)6-10(19(24)25)7-14(16)27-9(2)21/h3-7,11,15H,1-2H3,(H,24,25). The summed E-state index contributed by atoms with van der Waals surface area (Å²) in [6.45, 7) is 2.26. The van der Waals surface area contributed by atoms with Gasteiger partial charge < -0.3 is 14.6 Å². The Labute approximate surface area is 153 Å². The van der Waals surface area contributed by atoms with Gasteiger partial charge in [0.25, 0.3) is 0 Å². The minimum absolute atomic E-state index is 0.00934. The number of hydrogen-bond donors (Lipinski definition) is 1. The van der Waals surface area contributed by atoms with Gasteiger partial charge in [0.1, 0.15) is 11.5 Å². The zero-order chi connectivity index (χ0) is 19.9. The summed E-state index contributed by atoms with van der Waals surface area (Å²) in [5, 5.41) is 9.25. The van der Waals surface area contributed by atoms with Crippen molar-refractivity contribution in [3.63, 3.8) is 0 Å². The number of fused-ring (bicyclic) bond motifs is 2. The van der Waals surface area contributed by atoms with E-state index >= 15 is 0 Å². The molecule has 0 spiro atoms. The fourth-order valence-electron chi connectivity index (χ4n) is 3.21. The summed E-state index contributed by atoms with van der Waals surface area (Å²) < 4.78 is 10.1. The fourth-order valence-corrected chi connectivity index (χ4v) is 3.21. The number of esters is 2. The number of ketones is 2. The molecule has 2 unspecified atom stereocenters. The number of aromatic carboxylic acids is 1. The van der Waals surface area contributed by atoms with Crippen LogP contribution in [-0.2, 0) is 14.3 Å². The second-order valence-electron chi connectivity index (χ2n) is 6.08. The average Bonchev–Trinajstić information content (AvgIpc) is 2.57. The Balaban J connectivity index is 2.21. The maximum absolute atomic E-state index is 13.1. The van der Waals surface area contributed by atoms with Crippen LogP contribution >= 0.6 is 0 Å². The highest BCUT2D eigenvalue weighted by atomic mass is 16.5. The highest BCUT2D eigenvalue weighted by Crippen LogP contribution is 2.42. The summed E-state index contributed by atoms with van der Waals surface area (Å²) in [6.07, 6.45) is 4.39. The van der Waals surface area contributed by atoms with Crippen molar-refractivity contribution in [3.8, 4) is 5.75 Å². The molecule has 0 saturated heterocycles. The number of benzene rings is 1. The van der Waals surface area contributed by atoms with Crippen LogP contribution in [0.15, 0.2) is 36.1 Å². The van der Waals surface area contributed by atoms with Gasteiger partial charge in [-0.3, -0.25) is 19.2 Å². The smallest absolute Gasteiger partial charge is 0.335 e. The molecular weight excluding hydrogens is 356 g/mol. The lowest BCUT2D eigenvalue weighted by molar-refractivity contribution is -0.137. The second kappa shape index (κ2) is 6.64. The maximum Gasteiger partial charge on any atom is 0.335 e. The summed E-state index contributed by atoms with van der Waals surface area (Å²) in [7, 11) is 0. The van der Waals surface area contributed by atoms with Gasteiger partial charge >= 0.3 is 17.9 Å². The van der Waals surface area contributed by atoms with Crippen LogP contribution in [0.4, 0.5) is 0 Å². The van der Waals surface area contributed by atoms with Crippen molar-refractivity contribution < 1.29 is 38.6 Å². The molecule has 1 aromatic carbocycles. The molecule has 0 radical (unpaired) electrons. The van der Waals surface area contributed by atoms with Gasteiger partial charge in [0, 0.05) is 19.4 Å². The molecule has 1 N–H and O–H groups in total.